The molecule has 0 spiro atoms. The van der Waals surface area contributed by atoms with E-state index in [1.807, 2.05) is 0 Å². The van der Waals surface area contributed by atoms with Crippen LogP contribution >= 0.6 is 15.9 Å². The first-order chi connectivity index (χ1) is 12.7. The summed E-state index contributed by atoms with van der Waals surface area (Å²) in [6, 6.07) is 2.86. The Kier molecular flexibility index (Phi) is 6.89. The number of hydrogen-bond donors (Lipinski definition) is 2. The van der Waals surface area contributed by atoms with Gasteiger partial charge in [0.2, 0.25) is 17.7 Å². The number of amides is 1. The van der Waals surface area contributed by atoms with E-state index in [1.54, 1.807) is 13.8 Å². The molecule has 0 unspecified atom stereocenters. The van der Waals surface area contributed by atoms with Crippen molar-refractivity contribution >= 4 is 27.8 Å². The summed E-state index contributed by atoms with van der Waals surface area (Å²) in [7, 11) is 1.49. The normalized spacial score (nSPS) is 10.8. The lowest BCUT2D eigenvalue weighted by Crippen LogP contribution is -2.32. The van der Waals surface area contributed by atoms with Gasteiger partial charge in [0, 0.05) is 24.7 Å². The standard InChI is InChI=1S/C17H19BrF2N4O3/c1-9(2)24-16(26)14(18)15(23-17(24)22-7-13(25)21-3)27-8-10-4-5-11(19)6-12(10)20/h4-6,9H,7-8H2,1-3H3,(H,21,25)(H,22,23). The lowest BCUT2D eigenvalue weighted by molar-refractivity contribution is -0.118. The van der Waals surface area contributed by atoms with Crippen molar-refractivity contribution in [2.45, 2.75) is 26.5 Å². The maximum absolute atomic E-state index is 13.8. The number of aromatic nitrogens is 2. The van der Waals surface area contributed by atoms with Crippen LogP contribution in [0.25, 0.3) is 0 Å². The van der Waals surface area contributed by atoms with Gasteiger partial charge in [-0.3, -0.25) is 14.2 Å². The summed E-state index contributed by atoms with van der Waals surface area (Å²) < 4.78 is 33.6. The van der Waals surface area contributed by atoms with Gasteiger partial charge in [0.1, 0.15) is 22.7 Å². The molecule has 0 radical (unpaired) electrons. The summed E-state index contributed by atoms with van der Waals surface area (Å²) in [4.78, 5) is 28.3. The van der Waals surface area contributed by atoms with Crippen LogP contribution in [0.5, 0.6) is 5.88 Å². The third-order valence-electron chi connectivity index (χ3n) is 3.61. The van der Waals surface area contributed by atoms with Crippen LogP contribution in [0.3, 0.4) is 0 Å². The van der Waals surface area contributed by atoms with Gasteiger partial charge in [-0.25, -0.2) is 8.78 Å². The van der Waals surface area contributed by atoms with Crippen LogP contribution in [-0.2, 0) is 11.4 Å². The fourth-order valence-electron chi connectivity index (χ4n) is 2.22. The zero-order valence-corrected chi connectivity index (χ0v) is 16.6. The van der Waals surface area contributed by atoms with Crippen molar-refractivity contribution in [3.63, 3.8) is 0 Å². The number of carbonyl (C=O) groups excluding carboxylic acids is 1. The SMILES string of the molecule is CNC(=O)CNc1nc(OCc2ccc(F)cc2F)c(Br)c(=O)n1C(C)C. The fraction of sp³-hybridized carbons (Fsp3) is 0.353. The number of ether oxygens (including phenoxy) is 1. The summed E-state index contributed by atoms with van der Waals surface area (Å²) in [6.07, 6.45) is 0. The Labute approximate surface area is 162 Å². The van der Waals surface area contributed by atoms with Crippen LogP contribution in [-0.4, -0.2) is 29.1 Å². The van der Waals surface area contributed by atoms with Gasteiger partial charge in [0.25, 0.3) is 5.56 Å². The molecule has 0 atom stereocenters. The maximum Gasteiger partial charge on any atom is 0.273 e. The Morgan fingerprint density at radius 3 is 2.67 bits per heavy atom. The quantitative estimate of drug-likeness (QED) is 0.685. The molecule has 0 aliphatic heterocycles. The molecule has 0 saturated carbocycles. The van der Waals surface area contributed by atoms with Gasteiger partial charge in [0.15, 0.2) is 0 Å². The third kappa shape index (κ3) is 5.03. The molecule has 0 fully saturated rings. The number of halogens is 3. The fourth-order valence-corrected chi connectivity index (χ4v) is 2.62. The van der Waals surface area contributed by atoms with Crippen LogP contribution in [0, 0.1) is 11.6 Å². The molecule has 10 heteroatoms. The molecule has 0 aliphatic carbocycles. The summed E-state index contributed by atoms with van der Waals surface area (Å²) in [5.41, 5.74) is -0.313. The van der Waals surface area contributed by atoms with Gasteiger partial charge in [-0.2, -0.15) is 4.98 Å². The highest BCUT2D eigenvalue weighted by Gasteiger charge is 2.19. The van der Waals surface area contributed by atoms with E-state index in [9.17, 15) is 18.4 Å². The number of carbonyl (C=O) groups is 1. The molecule has 0 aliphatic rings. The lowest BCUT2D eigenvalue weighted by atomic mass is 10.2. The first-order valence-electron chi connectivity index (χ1n) is 8.07. The molecule has 1 amide bonds. The molecule has 2 aromatic rings. The highest BCUT2D eigenvalue weighted by molar-refractivity contribution is 9.10. The van der Waals surface area contributed by atoms with E-state index in [2.05, 4.69) is 31.5 Å². The van der Waals surface area contributed by atoms with Crippen molar-refractivity contribution in [2.24, 2.45) is 0 Å². The molecule has 1 aromatic heterocycles. The predicted molar refractivity (Wildman–Crippen MR) is 99.8 cm³/mol. The van der Waals surface area contributed by atoms with Crippen molar-refractivity contribution in [3.8, 4) is 5.88 Å². The minimum atomic E-state index is -0.764. The first-order valence-corrected chi connectivity index (χ1v) is 8.87. The first kappa shape index (κ1) is 20.8. The second-order valence-corrected chi connectivity index (χ2v) is 6.67. The summed E-state index contributed by atoms with van der Waals surface area (Å²) in [5, 5.41) is 5.24. The molecule has 2 N–H and O–H groups in total. The van der Waals surface area contributed by atoms with Crippen LogP contribution in [0.2, 0.25) is 0 Å². The number of rotatable bonds is 7. The molecule has 7 nitrogen and oxygen atoms in total. The van der Waals surface area contributed by atoms with Crippen molar-refractivity contribution < 1.29 is 18.3 Å². The molecule has 1 aromatic carbocycles. The number of likely N-dealkylation sites (N-methyl/N-ethyl adjacent to an activating group) is 1. The number of nitrogens with one attached hydrogen (secondary N) is 2. The van der Waals surface area contributed by atoms with Gasteiger partial charge in [-0.05, 0) is 41.9 Å². The van der Waals surface area contributed by atoms with Gasteiger partial charge in [-0.1, -0.05) is 0 Å². The molecule has 0 bridgehead atoms. The number of anilines is 1. The van der Waals surface area contributed by atoms with E-state index in [1.165, 1.54) is 17.7 Å². The summed E-state index contributed by atoms with van der Waals surface area (Å²) >= 11 is 3.15. The van der Waals surface area contributed by atoms with Crippen molar-refractivity contribution in [1.29, 1.82) is 0 Å². The van der Waals surface area contributed by atoms with Crippen molar-refractivity contribution in [1.82, 2.24) is 14.9 Å². The Hall–Kier alpha value is -2.49. The molecular formula is C17H19BrF2N4O3. The molecule has 0 saturated heterocycles. The molecule has 146 valence electrons. The van der Waals surface area contributed by atoms with Crippen molar-refractivity contribution in [2.75, 3.05) is 18.9 Å². The molecule has 2 rings (SSSR count). The van der Waals surface area contributed by atoms with E-state index >= 15 is 0 Å². The molecule has 27 heavy (non-hydrogen) atoms. The van der Waals surface area contributed by atoms with Gasteiger partial charge >= 0.3 is 0 Å². The van der Waals surface area contributed by atoms with Crippen LogP contribution < -0.4 is 20.9 Å². The zero-order valence-electron chi connectivity index (χ0n) is 15.0. The largest absolute Gasteiger partial charge is 0.472 e. The third-order valence-corrected chi connectivity index (χ3v) is 4.29. The zero-order chi connectivity index (χ0) is 20.1. The minimum absolute atomic E-state index is 0.0595. The number of benzene rings is 1. The van der Waals surface area contributed by atoms with E-state index < -0.39 is 17.2 Å². The van der Waals surface area contributed by atoms with Crippen LogP contribution in [0.4, 0.5) is 14.7 Å². The highest BCUT2D eigenvalue weighted by atomic mass is 79.9. The average molecular weight is 445 g/mol. The molecule has 1 heterocycles. The Morgan fingerprint density at radius 2 is 2.07 bits per heavy atom. The smallest absolute Gasteiger partial charge is 0.273 e. The van der Waals surface area contributed by atoms with Gasteiger partial charge < -0.3 is 15.4 Å². The number of nitrogens with zero attached hydrogens (tertiary/aromatic N) is 2. The lowest BCUT2D eigenvalue weighted by Gasteiger charge is -2.18. The van der Waals surface area contributed by atoms with Crippen molar-refractivity contribution in [3.05, 3.63) is 50.2 Å². The molecular weight excluding hydrogens is 426 g/mol. The number of hydrogen-bond acceptors (Lipinski definition) is 5. The van der Waals surface area contributed by atoms with E-state index in [-0.39, 0.29) is 47.0 Å². The second kappa shape index (κ2) is 8.94. The maximum atomic E-state index is 13.8. The summed E-state index contributed by atoms with van der Waals surface area (Å²) in [5.74, 6) is -1.69. The van der Waals surface area contributed by atoms with E-state index in [0.29, 0.717) is 0 Å². The predicted octanol–water partition coefficient (Wildman–Crippen LogP) is 2.60. The Morgan fingerprint density at radius 1 is 1.37 bits per heavy atom. The van der Waals surface area contributed by atoms with Gasteiger partial charge in [0.05, 0.1) is 6.54 Å². The average Bonchev–Trinajstić information content (AvgIpc) is 2.61. The minimum Gasteiger partial charge on any atom is -0.472 e. The van der Waals surface area contributed by atoms with Crippen LogP contribution in [0.15, 0.2) is 27.5 Å². The van der Waals surface area contributed by atoms with Gasteiger partial charge in [-0.15, -0.1) is 0 Å². The summed E-state index contributed by atoms with van der Waals surface area (Å²) in [6.45, 7) is 3.23. The Bertz CT molecular complexity index is 902. The van der Waals surface area contributed by atoms with E-state index in [4.69, 9.17) is 4.74 Å². The monoisotopic (exact) mass is 444 g/mol. The topological polar surface area (TPSA) is 85.2 Å². The van der Waals surface area contributed by atoms with Crippen LogP contribution in [0.1, 0.15) is 25.5 Å². The highest BCUT2D eigenvalue weighted by Crippen LogP contribution is 2.24. The second-order valence-electron chi connectivity index (χ2n) is 5.87. The van der Waals surface area contributed by atoms with E-state index in [0.717, 1.165) is 12.1 Å². The Balaban J connectivity index is 2.33.